The van der Waals surface area contributed by atoms with E-state index in [1.54, 1.807) is 0 Å². The molecule has 0 aliphatic carbocycles. The summed E-state index contributed by atoms with van der Waals surface area (Å²) in [5.74, 6) is -12.3. The molecule has 0 aliphatic heterocycles. The van der Waals surface area contributed by atoms with Gasteiger partial charge in [-0.2, -0.15) is 0 Å². The van der Waals surface area contributed by atoms with Crippen LogP contribution >= 0.6 is 0 Å². The first kappa shape index (κ1) is 44.5. The number of carboxylic acid groups (broad SMARTS) is 4. The number of hydrogen-bond donors (Lipinski definition) is 10. The predicted octanol–water partition coefficient (Wildman–Crippen LogP) is -6.43. The molecule has 0 aromatic heterocycles. The van der Waals surface area contributed by atoms with Crippen molar-refractivity contribution in [1.82, 2.24) is 0 Å². The standard InChI is InChI=1S/2C12H18O9.Na.H/c2*1-7(2-8(9(16)17)10(18)19)11(20)21-6-12(3-13,4-14)5-15;;/h2*8,13-15H,1-6H2,(H,16,17)(H,18,19);;/q;;+1;-1. The van der Waals surface area contributed by atoms with Crippen LogP contribution in [0.4, 0.5) is 0 Å². The Morgan fingerprint density at radius 3 is 0.907 bits per heavy atom. The molecule has 0 spiro atoms. The second kappa shape index (κ2) is 21.7. The Morgan fingerprint density at radius 2 is 0.744 bits per heavy atom. The van der Waals surface area contributed by atoms with E-state index in [1.807, 2.05) is 0 Å². The van der Waals surface area contributed by atoms with Crippen LogP contribution < -0.4 is 29.6 Å². The quantitative estimate of drug-likeness (QED) is 0.0257. The number of carboxylic acids is 4. The van der Waals surface area contributed by atoms with Gasteiger partial charge in [0.05, 0.1) is 50.5 Å². The fourth-order valence-corrected chi connectivity index (χ4v) is 2.44. The zero-order valence-electron chi connectivity index (χ0n) is 24.4. The van der Waals surface area contributed by atoms with Crippen molar-refractivity contribution >= 4 is 35.8 Å². The summed E-state index contributed by atoms with van der Waals surface area (Å²) in [6.07, 6.45) is -1.29. The fraction of sp³-hybridized carbons (Fsp3) is 0.583. The van der Waals surface area contributed by atoms with E-state index in [0.29, 0.717) is 0 Å². The molecule has 0 radical (unpaired) electrons. The Labute approximate surface area is 268 Å². The maximum absolute atomic E-state index is 11.6. The van der Waals surface area contributed by atoms with E-state index in [-0.39, 0.29) is 42.1 Å². The van der Waals surface area contributed by atoms with Gasteiger partial charge >= 0.3 is 65.4 Å². The fourth-order valence-electron chi connectivity index (χ4n) is 2.44. The molecule has 0 heterocycles. The molecular formula is C24H37NaO18. The summed E-state index contributed by atoms with van der Waals surface area (Å²) in [6, 6.07) is 0. The first-order valence-electron chi connectivity index (χ1n) is 11.7. The Balaban J connectivity index is -0.000000348. The van der Waals surface area contributed by atoms with Crippen LogP contribution in [0, 0.1) is 22.7 Å². The van der Waals surface area contributed by atoms with Crippen molar-refractivity contribution in [1.29, 1.82) is 0 Å². The Morgan fingerprint density at radius 1 is 0.535 bits per heavy atom. The third-order valence-corrected chi connectivity index (χ3v) is 5.70. The van der Waals surface area contributed by atoms with Gasteiger partial charge in [-0.25, -0.2) is 9.59 Å². The normalized spacial score (nSPS) is 11.0. The van der Waals surface area contributed by atoms with Gasteiger partial charge in [0.2, 0.25) is 0 Å². The van der Waals surface area contributed by atoms with Gasteiger partial charge in [0.15, 0.2) is 11.8 Å². The summed E-state index contributed by atoms with van der Waals surface area (Å²) in [5.41, 5.74) is -3.64. The minimum Gasteiger partial charge on any atom is -1.00 e. The molecule has 43 heavy (non-hydrogen) atoms. The van der Waals surface area contributed by atoms with E-state index in [1.165, 1.54) is 0 Å². The summed E-state index contributed by atoms with van der Waals surface area (Å²) in [5, 5.41) is 88.9. The molecule has 242 valence electrons. The van der Waals surface area contributed by atoms with Gasteiger partial charge in [-0.1, -0.05) is 13.2 Å². The predicted molar refractivity (Wildman–Crippen MR) is 135 cm³/mol. The van der Waals surface area contributed by atoms with Crippen LogP contribution in [0.5, 0.6) is 0 Å². The molecule has 10 N–H and O–H groups in total. The Kier molecular flexibility index (Phi) is 22.5. The third kappa shape index (κ3) is 15.4. The molecule has 0 atom stereocenters. The third-order valence-electron chi connectivity index (χ3n) is 5.70. The second-order valence-corrected chi connectivity index (χ2v) is 9.17. The van der Waals surface area contributed by atoms with Crippen molar-refractivity contribution in [3.8, 4) is 0 Å². The smallest absolute Gasteiger partial charge is 1.00 e. The number of carbonyl (C=O) groups excluding carboxylic acids is 2. The van der Waals surface area contributed by atoms with Crippen molar-refractivity contribution in [2.24, 2.45) is 22.7 Å². The molecule has 0 rings (SSSR count). The van der Waals surface area contributed by atoms with Crippen LogP contribution in [-0.4, -0.2) is 140 Å². The summed E-state index contributed by atoms with van der Waals surface area (Å²) >= 11 is 0. The largest absolute Gasteiger partial charge is 1.00 e. The first-order valence-corrected chi connectivity index (χ1v) is 11.7. The molecule has 0 bridgehead atoms. The molecule has 0 fully saturated rings. The maximum Gasteiger partial charge on any atom is 1.00 e. The SMILES string of the molecule is C=C(CC(C(=O)O)C(=O)O)C(=O)OCC(CO)(CO)CO.C=C(CC(C(=O)O)C(=O)O)C(=O)OCC(CO)(CO)CO.[H-].[Na+]. The van der Waals surface area contributed by atoms with Crippen LogP contribution in [0.1, 0.15) is 14.3 Å². The van der Waals surface area contributed by atoms with Crippen molar-refractivity contribution in [3.63, 3.8) is 0 Å². The van der Waals surface area contributed by atoms with Gasteiger partial charge in [-0.3, -0.25) is 19.2 Å². The molecule has 0 aliphatic rings. The van der Waals surface area contributed by atoms with Crippen molar-refractivity contribution in [2.45, 2.75) is 12.8 Å². The topological polar surface area (TPSA) is 323 Å². The second-order valence-electron chi connectivity index (χ2n) is 9.17. The molecule has 0 saturated carbocycles. The summed E-state index contributed by atoms with van der Waals surface area (Å²) < 4.78 is 9.40. The van der Waals surface area contributed by atoms with Crippen LogP contribution in [0.3, 0.4) is 0 Å². The first-order chi connectivity index (χ1) is 19.4. The minimum absolute atomic E-state index is 0. The van der Waals surface area contributed by atoms with Crippen molar-refractivity contribution < 1.29 is 120 Å². The van der Waals surface area contributed by atoms with Crippen molar-refractivity contribution in [2.75, 3.05) is 52.9 Å². The van der Waals surface area contributed by atoms with E-state index >= 15 is 0 Å². The number of ether oxygens (including phenoxy) is 2. The number of esters is 2. The Bertz CT molecular complexity index is 869. The van der Waals surface area contributed by atoms with Crippen LogP contribution in [-0.2, 0) is 38.2 Å². The molecule has 19 heteroatoms. The van der Waals surface area contributed by atoms with Crippen LogP contribution in [0.2, 0.25) is 0 Å². The molecule has 0 saturated heterocycles. The van der Waals surface area contributed by atoms with Gasteiger partial charge in [0.1, 0.15) is 13.2 Å². The number of rotatable bonds is 20. The monoisotopic (exact) mass is 636 g/mol. The van der Waals surface area contributed by atoms with E-state index in [2.05, 4.69) is 13.2 Å². The van der Waals surface area contributed by atoms with E-state index in [0.717, 1.165) is 0 Å². The van der Waals surface area contributed by atoms with Gasteiger partial charge < -0.3 is 62.0 Å². The van der Waals surface area contributed by atoms with Crippen LogP contribution in [0.15, 0.2) is 24.3 Å². The summed E-state index contributed by atoms with van der Waals surface area (Å²) in [6.45, 7) is 1.56. The van der Waals surface area contributed by atoms with E-state index in [4.69, 9.17) is 60.5 Å². The molecule has 0 unspecified atom stereocenters. The maximum atomic E-state index is 11.6. The van der Waals surface area contributed by atoms with Gasteiger partial charge in [0, 0.05) is 24.0 Å². The van der Waals surface area contributed by atoms with Crippen LogP contribution in [0.25, 0.3) is 0 Å². The average molecular weight is 637 g/mol. The van der Waals surface area contributed by atoms with Crippen molar-refractivity contribution in [3.05, 3.63) is 24.3 Å². The zero-order chi connectivity index (χ0) is 33.3. The van der Waals surface area contributed by atoms with Gasteiger partial charge in [0.25, 0.3) is 0 Å². The number of aliphatic carboxylic acids is 4. The van der Waals surface area contributed by atoms with E-state index < -0.39 is 124 Å². The minimum atomic E-state index is -1.83. The molecule has 18 nitrogen and oxygen atoms in total. The molecule has 0 amide bonds. The number of hydrogen-bond acceptors (Lipinski definition) is 14. The number of aliphatic hydroxyl groups excluding tert-OH is 6. The van der Waals surface area contributed by atoms with Gasteiger partial charge in [-0.15, -0.1) is 0 Å². The van der Waals surface area contributed by atoms with E-state index in [9.17, 15) is 28.8 Å². The Hall–Kier alpha value is -2.94. The summed E-state index contributed by atoms with van der Waals surface area (Å²) in [4.78, 5) is 65.9. The number of carbonyl (C=O) groups is 6. The average Bonchev–Trinajstić information content (AvgIpc) is 2.95. The molecule has 0 aromatic rings. The zero-order valence-corrected chi connectivity index (χ0v) is 25.4. The summed E-state index contributed by atoms with van der Waals surface area (Å²) in [7, 11) is 0. The van der Waals surface area contributed by atoms with Gasteiger partial charge in [-0.05, 0) is 0 Å². The molecule has 0 aromatic carbocycles. The number of aliphatic hydroxyl groups is 6. The molecular weight excluding hydrogens is 599 g/mol.